The van der Waals surface area contributed by atoms with Crippen LogP contribution < -0.4 is 0 Å². The fourth-order valence-corrected chi connectivity index (χ4v) is 2.57. The third kappa shape index (κ3) is 1.21. The Morgan fingerprint density at radius 1 is 1.19 bits per heavy atom. The topological polar surface area (TPSA) is 37.3 Å². The second kappa shape index (κ2) is 3.19. The molecule has 2 aromatic carbocycles. The maximum atomic E-state index is 11.8. The Balaban J connectivity index is 2.54. The van der Waals surface area contributed by atoms with Crippen LogP contribution in [0.2, 0.25) is 0 Å². The molecule has 0 aliphatic heterocycles. The molecule has 0 bridgehead atoms. The molecule has 0 heterocycles. The van der Waals surface area contributed by atoms with Crippen LogP contribution in [-0.4, -0.2) is 10.9 Å². The van der Waals surface area contributed by atoms with Crippen molar-refractivity contribution >= 4 is 38.6 Å². The minimum atomic E-state index is -0.305. The van der Waals surface area contributed by atoms with Crippen LogP contribution >= 0.6 is 15.9 Å². The van der Waals surface area contributed by atoms with E-state index in [0.29, 0.717) is 5.56 Å². The number of rotatable bonds is 0. The van der Waals surface area contributed by atoms with Gasteiger partial charge in [0.1, 0.15) is 0 Å². The van der Waals surface area contributed by atoms with Crippen molar-refractivity contribution in [3.63, 3.8) is 0 Å². The molecule has 0 unspecified atom stereocenters. The molecule has 0 amide bonds. The first kappa shape index (κ1) is 9.60. The van der Waals surface area contributed by atoms with Gasteiger partial charge in [0.05, 0.1) is 0 Å². The number of allylic oxidation sites excluding steroid dienone is 1. The number of aliphatic hydroxyl groups excluding tert-OH is 1. The maximum absolute atomic E-state index is 11.8. The molecule has 2 aromatic rings. The van der Waals surface area contributed by atoms with Crippen LogP contribution in [0.4, 0.5) is 0 Å². The van der Waals surface area contributed by atoms with Crippen molar-refractivity contribution in [1.29, 1.82) is 0 Å². The second-order valence-electron chi connectivity index (χ2n) is 3.76. The van der Waals surface area contributed by atoms with E-state index in [9.17, 15) is 9.90 Å². The molecule has 0 aromatic heterocycles. The minimum absolute atomic E-state index is 0.196. The number of carbonyl (C=O) groups is 1. The molecule has 0 spiro atoms. The molecule has 1 N–H and O–H groups in total. The van der Waals surface area contributed by atoms with E-state index in [-0.39, 0.29) is 11.5 Å². The SMILES string of the molecule is O=C1C(O)=Cc2cc(Br)cc3cccc1c23. The van der Waals surface area contributed by atoms with Gasteiger partial charge >= 0.3 is 0 Å². The predicted octanol–water partition coefficient (Wildman–Crippen LogP) is 3.70. The van der Waals surface area contributed by atoms with E-state index < -0.39 is 0 Å². The first-order valence-electron chi connectivity index (χ1n) is 4.84. The molecule has 78 valence electrons. The Kier molecular flexibility index (Phi) is 1.91. The third-order valence-electron chi connectivity index (χ3n) is 2.74. The molecule has 0 radical (unpaired) electrons. The zero-order chi connectivity index (χ0) is 11.3. The summed E-state index contributed by atoms with van der Waals surface area (Å²) >= 11 is 3.41. The predicted molar refractivity (Wildman–Crippen MR) is 66.6 cm³/mol. The van der Waals surface area contributed by atoms with Crippen LogP contribution in [0.5, 0.6) is 0 Å². The van der Waals surface area contributed by atoms with Crippen LogP contribution in [-0.2, 0) is 0 Å². The molecule has 0 saturated heterocycles. The monoisotopic (exact) mass is 274 g/mol. The lowest BCUT2D eigenvalue weighted by Gasteiger charge is -2.14. The number of benzene rings is 2. The van der Waals surface area contributed by atoms with E-state index in [1.54, 1.807) is 6.07 Å². The summed E-state index contributed by atoms with van der Waals surface area (Å²) < 4.78 is 0.936. The van der Waals surface area contributed by atoms with Gasteiger partial charge in [-0.2, -0.15) is 0 Å². The smallest absolute Gasteiger partial charge is 0.227 e. The number of hydrogen-bond acceptors (Lipinski definition) is 2. The van der Waals surface area contributed by atoms with Gasteiger partial charge in [0, 0.05) is 15.4 Å². The Bertz CT molecular complexity index is 656. The molecule has 0 fully saturated rings. The summed E-state index contributed by atoms with van der Waals surface area (Å²) in [5.41, 5.74) is 1.44. The summed E-state index contributed by atoms with van der Waals surface area (Å²) in [5.74, 6) is -0.501. The number of ketones is 1. The second-order valence-corrected chi connectivity index (χ2v) is 4.67. The molecule has 0 saturated carbocycles. The molecule has 1 aliphatic rings. The molecular formula is C13H7BrO2. The molecular weight excluding hydrogens is 268 g/mol. The number of halogens is 1. The van der Waals surface area contributed by atoms with Gasteiger partial charge in [0.25, 0.3) is 0 Å². The number of aliphatic hydroxyl groups is 1. The van der Waals surface area contributed by atoms with Gasteiger partial charge in [-0.15, -0.1) is 0 Å². The normalized spacial score (nSPS) is 14.1. The molecule has 3 heteroatoms. The molecule has 2 nitrogen and oxygen atoms in total. The summed E-state index contributed by atoms with van der Waals surface area (Å²) in [6.07, 6.45) is 1.52. The van der Waals surface area contributed by atoms with Crippen molar-refractivity contribution in [3.8, 4) is 0 Å². The quantitative estimate of drug-likeness (QED) is 0.796. The first-order valence-corrected chi connectivity index (χ1v) is 5.64. The van der Waals surface area contributed by atoms with Crippen molar-refractivity contribution in [2.24, 2.45) is 0 Å². The van der Waals surface area contributed by atoms with E-state index in [1.165, 1.54) is 6.08 Å². The fourth-order valence-electron chi connectivity index (χ4n) is 2.08. The van der Waals surface area contributed by atoms with Crippen LogP contribution in [0.25, 0.3) is 16.8 Å². The third-order valence-corrected chi connectivity index (χ3v) is 3.20. The molecule has 0 atom stereocenters. The van der Waals surface area contributed by atoms with E-state index in [2.05, 4.69) is 15.9 Å². The Morgan fingerprint density at radius 2 is 2.00 bits per heavy atom. The fraction of sp³-hybridized carbons (Fsp3) is 0. The number of hydrogen-bond donors (Lipinski definition) is 1. The lowest BCUT2D eigenvalue weighted by atomic mass is 9.91. The van der Waals surface area contributed by atoms with Crippen LogP contribution in [0, 0.1) is 0 Å². The van der Waals surface area contributed by atoms with E-state index >= 15 is 0 Å². The zero-order valence-corrected chi connectivity index (χ0v) is 9.78. The van der Waals surface area contributed by atoms with E-state index in [1.807, 2.05) is 24.3 Å². The minimum Gasteiger partial charge on any atom is -0.504 e. The van der Waals surface area contributed by atoms with Crippen LogP contribution in [0.15, 0.2) is 40.6 Å². The highest BCUT2D eigenvalue weighted by Gasteiger charge is 2.21. The lowest BCUT2D eigenvalue weighted by molar-refractivity contribution is 0.0981. The van der Waals surface area contributed by atoms with Gasteiger partial charge in [0.15, 0.2) is 5.76 Å². The Morgan fingerprint density at radius 3 is 2.81 bits per heavy atom. The summed E-state index contributed by atoms with van der Waals surface area (Å²) in [5, 5.41) is 11.5. The average Bonchev–Trinajstić information content (AvgIpc) is 2.25. The van der Waals surface area contributed by atoms with Gasteiger partial charge in [-0.25, -0.2) is 0 Å². The van der Waals surface area contributed by atoms with E-state index in [4.69, 9.17) is 0 Å². The van der Waals surface area contributed by atoms with Crippen molar-refractivity contribution in [1.82, 2.24) is 0 Å². The van der Waals surface area contributed by atoms with Crippen molar-refractivity contribution in [3.05, 3.63) is 51.7 Å². The summed E-state index contributed by atoms with van der Waals surface area (Å²) in [7, 11) is 0. The highest BCUT2D eigenvalue weighted by Crippen LogP contribution is 2.32. The summed E-state index contributed by atoms with van der Waals surface area (Å²) in [4.78, 5) is 11.8. The largest absolute Gasteiger partial charge is 0.504 e. The van der Waals surface area contributed by atoms with Gasteiger partial charge in [-0.1, -0.05) is 34.1 Å². The van der Waals surface area contributed by atoms with Crippen molar-refractivity contribution < 1.29 is 9.90 Å². The lowest BCUT2D eigenvalue weighted by Crippen LogP contribution is -2.08. The molecule has 16 heavy (non-hydrogen) atoms. The van der Waals surface area contributed by atoms with Gasteiger partial charge in [0.2, 0.25) is 5.78 Å². The molecule has 1 aliphatic carbocycles. The van der Waals surface area contributed by atoms with Gasteiger partial charge in [-0.3, -0.25) is 4.79 Å². The number of carbonyl (C=O) groups excluding carboxylic acids is 1. The standard InChI is InChI=1S/C13H7BrO2/c14-9-4-7-2-1-3-10-12(7)8(5-9)6-11(15)13(10)16/h1-6,15H. The summed E-state index contributed by atoms with van der Waals surface area (Å²) in [6.45, 7) is 0. The maximum Gasteiger partial charge on any atom is 0.227 e. The first-order chi connectivity index (χ1) is 7.66. The van der Waals surface area contributed by atoms with E-state index in [0.717, 1.165) is 20.8 Å². The summed E-state index contributed by atoms with van der Waals surface area (Å²) in [6, 6.07) is 9.38. The molecule has 3 rings (SSSR count). The van der Waals surface area contributed by atoms with Crippen LogP contribution in [0.3, 0.4) is 0 Å². The van der Waals surface area contributed by atoms with Gasteiger partial charge in [-0.05, 0) is 29.2 Å². The highest BCUT2D eigenvalue weighted by molar-refractivity contribution is 9.10. The highest BCUT2D eigenvalue weighted by atomic mass is 79.9. The van der Waals surface area contributed by atoms with Gasteiger partial charge < -0.3 is 5.11 Å². The Labute approximate surface area is 100 Å². The van der Waals surface area contributed by atoms with Crippen molar-refractivity contribution in [2.75, 3.05) is 0 Å². The number of Topliss-reactive ketones (excluding diaryl/α,β-unsaturated/α-hetero) is 1. The average molecular weight is 275 g/mol. The van der Waals surface area contributed by atoms with Crippen molar-refractivity contribution in [2.45, 2.75) is 0 Å². The Hall–Kier alpha value is -1.61. The van der Waals surface area contributed by atoms with Crippen LogP contribution in [0.1, 0.15) is 15.9 Å². The zero-order valence-electron chi connectivity index (χ0n) is 8.20.